The molecule has 0 radical (unpaired) electrons. The SMILES string of the molecule is CCCCCCCCCNC(N)=NCCCOCC. The van der Waals surface area contributed by atoms with Crippen LogP contribution in [0.4, 0.5) is 0 Å². The molecule has 0 saturated heterocycles. The molecule has 0 aromatic rings. The van der Waals surface area contributed by atoms with Crippen molar-refractivity contribution in [2.24, 2.45) is 10.7 Å². The van der Waals surface area contributed by atoms with E-state index in [0.29, 0.717) is 5.96 Å². The summed E-state index contributed by atoms with van der Waals surface area (Å²) in [6.07, 6.45) is 10.2. The molecule has 4 nitrogen and oxygen atoms in total. The van der Waals surface area contributed by atoms with Gasteiger partial charge in [0.25, 0.3) is 0 Å². The van der Waals surface area contributed by atoms with E-state index in [1.54, 1.807) is 0 Å². The van der Waals surface area contributed by atoms with Crippen molar-refractivity contribution in [3.8, 4) is 0 Å². The van der Waals surface area contributed by atoms with Crippen LogP contribution in [0.15, 0.2) is 4.99 Å². The third-order valence-corrected chi connectivity index (χ3v) is 3.02. The van der Waals surface area contributed by atoms with Gasteiger partial charge in [-0.1, -0.05) is 45.4 Å². The van der Waals surface area contributed by atoms with Crippen LogP contribution < -0.4 is 11.1 Å². The zero-order chi connectivity index (χ0) is 14.2. The zero-order valence-electron chi connectivity index (χ0n) is 12.9. The summed E-state index contributed by atoms with van der Waals surface area (Å²) in [5, 5.41) is 3.16. The van der Waals surface area contributed by atoms with E-state index in [2.05, 4.69) is 17.2 Å². The van der Waals surface area contributed by atoms with Gasteiger partial charge in [0.05, 0.1) is 0 Å². The molecule has 0 aromatic carbocycles. The van der Waals surface area contributed by atoms with Crippen LogP contribution in [0.2, 0.25) is 0 Å². The van der Waals surface area contributed by atoms with E-state index in [1.807, 2.05) is 6.92 Å². The second kappa shape index (κ2) is 15.3. The van der Waals surface area contributed by atoms with Gasteiger partial charge >= 0.3 is 0 Å². The van der Waals surface area contributed by atoms with Gasteiger partial charge in [-0.05, 0) is 19.8 Å². The van der Waals surface area contributed by atoms with Crippen LogP contribution in [-0.4, -0.2) is 32.3 Å². The van der Waals surface area contributed by atoms with Crippen molar-refractivity contribution < 1.29 is 4.74 Å². The molecule has 0 saturated carbocycles. The molecule has 0 fully saturated rings. The number of nitrogens with one attached hydrogen (secondary N) is 1. The number of hydrogen-bond acceptors (Lipinski definition) is 2. The Bertz CT molecular complexity index is 208. The Kier molecular flexibility index (Phi) is 14.7. The van der Waals surface area contributed by atoms with E-state index in [1.165, 1.54) is 44.9 Å². The van der Waals surface area contributed by atoms with Crippen LogP contribution >= 0.6 is 0 Å². The highest BCUT2D eigenvalue weighted by Crippen LogP contribution is 2.06. The fourth-order valence-electron chi connectivity index (χ4n) is 1.86. The number of unbranched alkanes of at least 4 members (excludes halogenated alkanes) is 6. The van der Waals surface area contributed by atoms with Gasteiger partial charge < -0.3 is 15.8 Å². The maximum atomic E-state index is 5.77. The van der Waals surface area contributed by atoms with Crippen molar-refractivity contribution >= 4 is 5.96 Å². The molecule has 0 aliphatic rings. The normalized spacial score (nSPS) is 11.8. The molecule has 0 unspecified atom stereocenters. The van der Waals surface area contributed by atoms with Crippen LogP contribution in [0.5, 0.6) is 0 Å². The van der Waals surface area contributed by atoms with Crippen molar-refractivity contribution in [2.45, 2.75) is 65.2 Å². The van der Waals surface area contributed by atoms with Crippen LogP contribution in [0.3, 0.4) is 0 Å². The summed E-state index contributed by atoms with van der Waals surface area (Å²) in [7, 11) is 0. The number of nitrogens with zero attached hydrogens (tertiary/aromatic N) is 1. The number of rotatable bonds is 13. The number of nitrogens with two attached hydrogens (primary N) is 1. The lowest BCUT2D eigenvalue weighted by atomic mass is 10.1. The summed E-state index contributed by atoms with van der Waals surface area (Å²) in [5.41, 5.74) is 5.77. The predicted molar refractivity (Wildman–Crippen MR) is 83.6 cm³/mol. The monoisotopic (exact) mass is 271 g/mol. The summed E-state index contributed by atoms with van der Waals surface area (Å²) in [6.45, 7) is 7.48. The first-order valence-corrected chi connectivity index (χ1v) is 7.92. The molecule has 0 rings (SSSR count). The molecule has 0 spiro atoms. The lowest BCUT2D eigenvalue weighted by Crippen LogP contribution is -2.32. The second-order valence-corrected chi connectivity index (χ2v) is 4.87. The molecule has 0 atom stereocenters. The summed E-state index contributed by atoms with van der Waals surface area (Å²) in [4.78, 5) is 4.26. The van der Waals surface area contributed by atoms with Gasteiger partial charge in [0, 0.05) is 26.3 Å². The lowest BCUT2D eigenvalue weighted by Gasteiger charge is -2.05. The average Bonchev–Trinajstić information content (AvgIpc) is 2.41. The van der Waals surface area contributed by atoms with E-state index in [0.717, 1.165) is 32.7 Å². The van der Waals surface area contributed by atoms with Crippen LogP contribution in [-0.2, 0) is 4.74 Å². The number of guanidine groups is 1. The van der Waals surface area contributed by atoms with E-state index in [9.17, 15) is 0 Å². The first-order chi connectivity index (χ1) is 9.31. The molecule has 0 amide bonds. The number of ether oxygens (including phenoxy) is 1. The Labute approximate surface area is 119 Å². The smallest absolute Gasteiger partial charge is 0.188 e. The topological polar surface area (TPSA) is 59.6 Å². The summed E-state index contributed by atoms with van der Waals surface area (Å²) in [6, 6.07) is 0. The lowest BCUT2D eigenvalue weighted by molar-refractivity contribution is 0.146. The first kappa shape index (κ1) is 18.2. The van der Waals surface area contributed by atoms with Crippen LogP contribution in [0, 0.1) is 0 Å². The van der Waals surface area contributed by atoms with Gasteiger partial charge in [0.2, 0.25) is 0 Å². The second-order valence-electron chi connectivity index (χ2n) is 4.87. The van der Waals surface area contributed by atoms with Gasteiger partial charge in [-0.15, -0.1) is 0 Å². The molecule has 0 heterocycles. The Hall–Kier alpha value is -0.770. The molecule has 0 aromatic heterocycles. The van der Waals surface area contributed by atoms with Crippen molar-refractivity contribution in [2.75, 3.05) is 26.3 Å². The summed E-state index contributed by atoms with van der Waals surface area (Å²) < 4.78 is 5.24. The van der Waals surface area contributed by atoms with E-state index < -0.39 is 0 Å². The Balaban J connectivity index is 3.23. The molecule has 4 heteroatoms. The third-order valence-electron chi connectivity index (χ3n) is 3.02. The van der Waals surface area contributed by atoms with Crippen molar-refractivity contribution in [1.29, 1.82) is 0 Å². The summed E-state index contributed by atoms with van der Waals surface area (Å²) >= 11 is 0. The quantitative estimate of drug-likeness (QED) is 0.307. The van der Waals surface area contributed by atoms with Gasteiger partial charge in [-0.3, -0.25) is 4.99 Å². The third kappa shape index (κ3) is 15.2. The molecule has 0 aliphatic heterocycles. The highest BCUT2D eigenvalue weighted by atomic mass is 16.5. The number of aliphatic imine (C=N–C) groups is 1. The van der Waals surface area contributed by atoms with E-state index >= 15 is 0 Å². The average molecular weight is 271 g/mol. The zero-order valence-corrected chi connectivity index (χ0v) is 12.9. The van der Waals surface area contributed by atoms with Crippen LogP contribution in [0.1, 0.15) is 65.2 Å². The molecule has 0 bridgehead atoms. The van der Waals surface area contributed by atoms with Crippen molar-refractivity contribution in [3.63, 3.8) is 0 Å². The van der Waals surface area contributed by atoms with Crippen LogP contribution in [0.25, 0.3) is 0 Å². The Morgan fingerprint density at radius 2 is 1.68 bits per heavy atom. The first-order valence-electron chi connectivity index (χ1n) is 7.92. The van der Waals surface area contributed by atoms with E-state index in [4.69, 9.17) is 10.5 Å². The maximum absolute atomic E-state index is 5.77. The number of hydrogen-bond donors (Lipinski definition) is 2. The van der Waals surface area contributed by atoms with Gasteiger partial charge in [-0.2, -0.15) is 0 Å². The fraction of sp³-hybridized carbons (Fsp3) is 0.933. The highest BCUT2D eigenvalue weighted by Gasteiger charge is 1.93. The maximum Gasteiger partial charge on any atom is 0.188 e. The van der Waals surface area contributed by atoms with Crippen molar-refractivity contribution in [1.82, 2.24) is 5.32 Å². The Morgan fingerprint density at radius 1 is 1.00 bits per heavy atom. The molecule has 0 aliphatic carbocycles. The summed E-state index contributed by atoms with van der Waals surface area (Å²) in [5.74, 6) is 0.572. The molecular weight excluding hydrogens is 238 g/mol. The standard InChI is InChI=1S/C15H33N3O/c1-3-5-6-7-8-9-10-12-17-15(16)18-13-11-14-19-4-2/h3-14H2,1-2H3,(H3,16,17,18). The van der Waals surface area contributed by atoms with Gasteiger partial charge in [-0.25, -0.2) is 0 Å². The van der Waals surface area contributed by atoms with Crippen molar-refractivity contribution in [3.05, 3.63) is 0 Å². The predicted octanol–water partition coefficient (Wildman–Crippen LogP) is 3.07. The molecular formula is C15H33N3O. The Morgan fingerprint density at radius 3 is 2.37 bits per heavy atom. The minimum Gasteiger partial charge on any atom is -0.382 e. The minimum absolute atomic E-state index is 0.572. The van der Waals surface area contributed by atoms with E-state index in [-0.39, 0.29) is 0 Å². The molecule has 3 N–H and O–H groups in total. The molecule has 19 heavy (non-hydrogen) atoms. The van der Waals surface area contributed by atoms with Gasteiger partial charge in [0.15, 0.2) is 5.96 Å². The van der Waals surface area contributed by atoms with Gasteiger partial charge in [0.1, 0.15) is 0 Å². The largest absolute Gasteiger partial charge is 0.382 e. The highest BCUT2D eigenvalue weighted by molar-refractivity contribution is 5.77. The minimum atomic E-state index is 0.572. The fourth-order valence-corrected chi connectivity index (χ4v) is 1.86. The molecule has 114 valence electrons.